The van der Waals surface area contributed by atoms with Crippen molar-refractivity contribution in [2.45, 2.75) is 12.7 Å². The summed E-state index contributed by atoms with van der Waals surface area (Å²) in [4.78, 5) is 16.5. The molecule has 3 rings (SSSR count). The van der Waals surface area contributed by atoms with Crippen molar-refractivity contribution in [3.8, 4) is 0 Å². The summed E-state index contributed by atoms with van der Waals surface area (Å²) in [5.74, 6) is 0.308. The minimum absolute atomic E-state index is 0.0338. The molecule has 0 aliphatic carbocycles. The van der Waals surface area contributed by atoms with Gasteiger partial charge in [0.1, 0.15) is 5.82 Å². The van der Waals surface area contributed by atoms with E-state index in [0.29, 0.717) is 32.6 Å². The van der Waals surface area contributed by atoms with E-state index in [1.165, 1.54) is 12.4 Å². The Labute approximate surface area is 157 Å². The molecule has 0 bridgehead atoms. The van der Waals surface area contributed by atoms with Crippen molar-refractivity contribution in [1.82, 2.24) is 19.9 Å². The van der Waals surface area contributed by atoms with Gasteiger partial charge in [-0.05, 0) is 39.7 Å². The summed E-state index contributed by atoms with van der Waals surface area (Å²) in [6.07, 6.45) is 4.61. The molecule has 0 amide bonds. The third-order valence-electron chi connectivity index (χ3n) is 3.52. The summed E-state index contributed by atoms with van der Waals surface area (Å²) in [5, 5.41) is 3.18. The molecule has 130 valence electrons. The molecule has 0 saturated heterocycles. The minimum atomic E-state index is -3.28. The second-order valence-corrected chi connectivity index (χ2v) is 8.70. The molecule has 2 aromatic heterocycles. The lowest BCUT2D eigenvalue weighted by molar-refractivity contribution is 0.596. The molecule has 0 aliphatic heterocycles. The molecule has 2 heterocycles. The number of nitrogens with zero attached hydrogens (tertiary/aromatic N) is 4. The van der Waals surface area contributed by atoms with Gasteiger partial charge in [-0.2, -0.15) is 4.98 Å². The Morgan fingerprint density at radius 1 is 1.20 bits per heavy atom. The molecule has 0 radical (unpaired) electrons. The summed E-state index contributed by atoms with van der Waals surface area (Å²) in [5.41, 5.74) is 2.25. The average Bonchev–Trinajstić information content (AvgIpc) is 2.60. The van der Waals surface area contributed by atoms with Gasteiger partial charge in [0.2, 0.25) is 5.28 Å². The van der Waals surface area contributed by atoms with Crippen LogP contribution < -0.4 is 5.32 Å². The highest BCUT2D eigenvalue weighted by Gasteiger charge is 2.18. The van der Waals surface area contributed by atoms with Gasteiger partial charge in [-0.3, -0.25) is 9.97 Å². The maximum absolute atomic E-state index is 12.2. The number of aromatic nitrogens is 4. The van der Waals surface area contributed by atoms with Crippen LogP contribution in [-0.4, -0.2) is 34.1 Å². The van der Waals surface area contributed by atoms with Gasteiger partial charge in [0.05, 0.1) is 21.3 Å². The monoisotopic (exact) mass is 441 g/mol. The Morgan fingerprint density at radius 3 is 2.72 bits per heavy atom. The normalized spacial score (nSPS) is 11.6. The quantitative estimate of drug-likeness (QED) is 0.604. The Balaban J connectivity index is 2.15. The Hall–Kier alpha value is -1.84. The summed E-state index contributed by atoms with van der Waals surface area (Å²) < 4.78 is 25.0. The smallest absolute Gasteiger partial charge is 0.224 e. The molecular formula is C15H13BrClN5O2S. The van der Waals surface area contributed by atoms with Crippen LogP contribution in [0.4, 0.5) is 11.5 Å². The lowest BCUT2D eigenvalue weighted by Gasteiger charge is -2.14. The molecule has 0 atom stereocenters. The van der Waals surface area contributed by atoms with Crippen LogP contribution in [0, 0.1) is 0 Å². The third kappa shape index (κ3) is 4.05. The first kappa shape index (κ1) is 18.0. The molecule has 25 heavy (non-hydrogen) atoms. The van der Waals surface area contributed by atoms with E-state index in [1.807, 2.05) is 0 Å². The van der Waals surface area contributed by atoms with Crippen molar-refractivity contribution < 1.29 is 8.42 Å². The van der Waals surface area contributed by atoms with Crippen molar-refractivity contribution in [3.63, 3.8) is 0 Å². The topological polar surface area (TPSA) is 97.7 Å². The number of rotatable bonds is 5. The Kier molecular flexibility index (Phi) is 5.16. The van der Waals surface area contributed by atoms with Crippen molar-refractivity contribution in [2.75, 3.05) is 11.1 Å². The van der Waals surface area contributed by atoms with Gasteiger partial charge in [0, 0.05) is 35.6 Å². The van der Waals surface area contributed by atoms with E-state index in [4.69, 9.17) is 11.6 Å². The van der Waals surface area contributed by atoms with Gasteiger partial charge in [-0.15, -0.1) is 0 Å². The van der Waals surface area contributed by atoms with Crippen LogP contribution >= 0.6 is 27.5 Å². The molecule has 1 aromatic carbocycles. The van der Waals surface area contributed by atoms with Crippen molar-refractivity contribution in [3.05, 3.63) is 46.0 Å². The van der Waals surface area contributed by atoms with Crippen LogP contribution in [0.3, 0.4) is 0 Å². The van der Waals surface area contributed by atoms with Crippen LogP contribution in [0.2, 0.25) is 5.28 Å². The number of fused-ring (bicyclic) bond motifs is 1. The molecular weight excluding hydrogens is 430 g/mol. The number of sulfone groups is 1. The fraction of sp³-hybridized carbons (Fsp3) is 0.200. The highest BCUT2D eigenvalue weighted by Crippen LogP contribution is 2.30. The SMILES string of the molecule is CCS(=O)(=O)Cc1c(Nc2nc(Cl)ncc2Br)ccc2nccnc12. The molecule has 0 fully saturated rings. The van der Waals surface area contributed by atoms with E-state index in [2.05, 4.69) is 41.2 Å². The van der Waals surface area contributed by atoms with Crippen LogP contribution in [-0.2, 0) is 15.6 Å². The molecule has 0 spiro atoms. The maximum atomic E-state index is 12.2. The molecule has 10 heteroatoms. The highest BCUT2D eigenvalue weighted by atomic mass is 79.9. The number of nitrogens with one attached hydrogen (secondary N) is 1. The number of hydrogen-bond acceptors (Lipinski definition) is 7. The second-order valence-electron chi connectivity index (χ2n) is 5.15. The standard InChI is InChI=1S/C15H13BrClN5O2S/c1-2-25(23,24)8-9-11(3-4-12-13(9)19-6-5-18-12)21-14-10(16)7-20-15(17)22-14/h3-7H,2,8H2,1H3,(H,20,21,22). The van der Waals surface area contributed by atoms with Gasteiger partial charge in [0.15, 0.2) is 9.84 Å². The van der Waals surface area contributed by atoms with Gasteiger partial charge >= 0.3 is 0 Å². The fourth-order valence-electron chi connectivity index (χ4n) is 2.24. The predicted molar refractivity (Wildman–Crippen MR) is 101 cm³/mol. The number of benzene rings is 1. The largest absolute Gasteiger partial charge is 0.339 e. The van der Waals surface area contributed by atoms with E-state index in [0.717, 1.165) is 0 Å². The van der Waals surface area contributed by atoms with Gasteiger partial charge in [-0.1, -0.05) is 6.92 Å². The van der Waals surface area contributed by atoms with Crippen molar-refractivity contribution in [1.29, 1.82) is 0 Å². The lowest BCUT2D eigenvalue weighted by atomic mass is 10.1. The molecule has 0 unspecified atom stereocenters. The molecule has 3 aromatic rings. The first-order chi connectivity index (χ1) is 11.9. The van der Waals surface area contributed by atoms with Gasteiger partial charge < -0.3 is 5.32 Å². The molecule has 7 nitrogen and oxygen atoms in total. The Morgan fingerprint density at radius 2 is 1.96 bits per heavy atom. The molecule has 0 aliphatic rings. The van der Waals surface area contributed by atoms with Crippen LogP contribution in [0.1, 0.15) is 12.5 Å². The van der Waals surface area contributed by atoms with E-state index >= 15 is 0 Å². The predicted octanol–water partition coefficient (Wildman–Crippen LogP) is 3.51. The molecule has 0 saturated carbocycles. The van der Waals surface area contributed by atoms with Gasteiger partial charge in [0.25, 0.3) is 0 Å². The third-order valence-corrected chi connectivity index (χ3v) is 5.89. The number of hydrogen-bond donors (Lipinski definition) is 1. The van der Waals surface area contributed by atoms with E-state index in [-0.39, 0.29) is 16.8 Å². The van der Waals surface area contributed by atoms with E-state index in [9.17, 15) is 8.42 Å². The summed E-state index contributed by atoms with van der Waals surface area (Å²) in [7, 11) is -3.28. The van der Waals surface area contributed by atoms with Crippen molar-refractivity contribution in [2.24, 2.45) is 0 Å². The van der Waals surface area contributed by atoms with Crippen molar-refractivity contribution >= 4 is 59.9 Å². The highest BCUT2D eigenvalue weighted by molar-refractivity contribution is 9.10. The summed E-state index contributed by atoms with van der Waals surface area (Å²) in [6, 6.07) is 3.52. The van der Waals surface area contributed by atoms with Gasteiger partial charge in [-0.25, -0.2) is 13.4 Å². The zero-order chi connectivity index (χ0) is 18.0. The Bertz CT molecular complexity index is 1050. The van der Waals surface area contributed by atoms with Crippen LogP contribution in [0.15, 0.2) is 35.2 Å². The zero-order valence-electron chi connectivity index (χ0n) is 13.1. The van der Waals surface area contributed by atoms with E-state index < -0.39 is 9.84 Å². The number of anilines is 2. The minimum Gasteiger partial charge on any atom is -0.339 e. The number of halogens is 2. The summed E-state index contributed by atoms with van der Waals surface area (Å²) in [6.45, 7) is 1.61. The maximum Gasteiger partial charge on any atom is 0.224 e. The first-order valence-corrected chi connectivity index (χ1v) is 10.3. The average molecular weight is 443 g/mol. The lowest BCUT2D eigenvalue weighted by Crippen LogP contribution is -2.10. The first-order valence-electron chi connectivity index (χ1n) is 7.27. The molecule has 1 N–H and O–H groups in total. The van der Waals surface area contributed by atoms with Crippen LogP contribution in [0.25, 0.3) is 11.0 Å². The summed E-state index contributed by atoms with van der Waals surface area (Å²) >= 11 is 9.19. The van der Waals surface area contributed by atoms with E-state index in [1.54, 1.807) is 25.3 Å². The fourth-order valence-corrected chi connectivity index (χ4v) is 3.60. The second kappa shape index (κ2) is 7.19. The zero-order valence-corrected chi connectivity index (χ0v) is 16.2. The van der Waals surface area contributed by atoms with Crippen LogP contribution in [0.5, 0.6) is 0 Å².